The third-order valence-corrected chi connectivity index (χ3v) is 4.02. The van der Waals surface area contributed by atoms with E-state index in [-0.39, 0.29) is 18.7 Å². The van der Waals surface area contributed by atoms with E-state index in [0.717, 1.165) is 19.5 Å². The Bertz CT molecular complexity index is 385. The minimum atomic E-state index is -1.19. The van der Waals surface area contributed by atoms with Crippen LogP contribution >= 0.6 is 0 Å². The van der Waals surface area contributed by atoms with Crippen molar-refractivity contribution in [2.75, 3.05) is 13.1 Å². The number of carboxylic acids is 2. The van der Waals surface area contributed by atoms with Crippen molar-refractivity contribution in [3.8, 4) is 0 Å². The summed E-state index contributed by atoms with van der Waals surface area (Å²) in [6, 6.07) is -1.14. The fraction of sp³-hybridized carbons (Fsp3) is 0.786. The molecule has 1 unspecified atom stereocenters. The maximum absolute atomic E-state index is 12.5. The average Bonchev–Trinajstić information content (AvgIpc) is 2.43. The van der Waals surface area contributed by atoms with Crippen molar-refractivity contribution in [1.82, 2.24) is 10.6 Å². The van der Waals surface area contributed by atoms with Gasteiger partial charge in [-0.15, -0.1) is 0 Å². The molecule has 0 aromatic rings. The van der Waals surface area contributed by atoms with E-state index in [1.54, 1.807) is 0 Å². The van der Waals surface area contributed by atoms with Gasteiger partial charge in [-0.3, -0.25) is 9.59 Å². The van der Waals surface area contributed by atoms with Crippen molar-refractivity contribution < 1.29 is 24.6 Å². The Hall–Kier alpha value is -1.63. The molecule has 1 atom stereocenters. The Kier molecular flexibility index (Phi) is 6.61. The molecule has 1 fully saturated rings. The molecule has 7 nitrogen and oxygen atoms in total. The number of aliphatic carboxylic acids is 2. The zero-order valence-electron chi connectivity index (χ0n) is 12.4. The number of carboxylic acid groups (broad SMARTS) is 2. The van der Waals surface area contributed by atoms with E-state index in [9.17, 15) is 14.4 Å². The molecule has 120 valence electrons. The molecular weight excluding hydrogens is 276 g/mol. The van der Waals surface area contributed by atoms with Crippen molar-refractivity contribution >= 4 is 17.8 Å². The van der Waals surface area contributed by atoms with Gasteiger partial charge in [-0.1, -0.05) is 13.3 Å². The number of carbonyl (C=O) groups is 3. The lowest BCUT2D eigenvalue weighted by Crippen LogP contribution is -2.52. The summed E-state index contributed by atoms with van der Waals surface area (Å²) in [7, 11) is 0. The molecule has 0 spiro atoms. The predicted molar refractivity (Wildman–Crippen MR) is 75.9 cm³/mol. The standard InChI is InChI=1S/C14H24N2O5/c1-2-5-14(6-8-15-9-7-14)13(21)16-10(12(19)20)3-4-11(17)18/h10,15H,2-9H2,1H3,(H,16,21)(H,17,18)(H,19,20). The summed E-state index contributed by atoms with van der Waals surface area (Å²) in [5.74, 6) is -2.52. The van der Waals surface area contributed by atoms with E-state index in [0.29, 0.717) is 19.3 Å². The first-order chi connectivity index (χ1) is 9.91. The van der Waals surface area contributed by atoms with E-state index in [1.165, 1.54) is 0 Å². The van der Waals surface area contributed by atoms with Crippen LogP contribution in [-0.4, -0.2) is 47.2 Å². The molecule has 1 saturated heterocycles. The van der Waals surface area contributed by atoms with Gasteiger partial charge in [-0.2, -0.15) is 0 Å². The first kappa shape index (κ1) is 17.4. The fourth-order valence-corrected chi connectivity index (χ4v) is 2.81. The Morgan fingerprint density at radius 2 is 1.86 bits per heavy atom. The quantitative estimate of drug-likeness (QED) is 0.521. The molecular formula is C14H24N2O5. The highest BCUT2D eigenvalue weighted by molar-refractivity contribution is 5.87. The highest BCUT2D eigenvalue weighted by Crippen LogP contribution is 2.34. The number of carbonyl (C=O) groups excluding carboxylic acids is 1. The van der Waals surface area contributed by atoms with Crippen LogP contribution in [-0.2, 0) is 14.4 Å². The normalized spacial score (nSPS) is 18.7. The molecule has 0 saturated carbocycles. The molecule has 7 heteroatoms. The molecule has 21 heavy (non-hydrogen) atoms. The van der Waals surface area contributed by atoms with Gasteiger partial charge in [0.15, 0.2) is 0 Å². The molecule has 1 heterocycles. The molecule has 1 aliphatic rings. The van der Waals surface area contributed by atoms with Gasteiger partial charge in [-0.05, 0) is 38.8 Å². The molecule has 0 aromatic carbocycles. The lowest BCUT2D eigenvalue weighted by atomic mass is 9.74. The fourth-order valence-electron chi connectivity index (χ4n) is 2.81. The Labute approximate surface area is 124 Å². The smallest absolute Gasteiger partial charge is 0.326 e. The SMILES string of the molecule is CCCC1(C(=O)NC(CCC(=O)O)C(=O)O)CCNCC1. The Morgan fingerprint density at radius 1 is 1.24 bits per heavy atom. The zero-order chi connectivity index (χ0) is 15.9. The van der Waals surface area contributed by atoms with Gasteiger partial charge in [0, 0.05) is 6.42 Å². The van der Waals surface area contributed by atoms with E-state index < -0.39 is 23.4 Å². The summed E-state index contributed by atoms with van der Waals surface area (Å²) in [4.78, 5) is 34.3. The summed E-state index contributed by atoms with van der Waals surface area (Å²) >= 11 is 0. The number of amides is 1. The molecule has 1 amide bonds. The number of piperidine rings is 1. The predicted octanol–water partition coefficient (Wildman–Crippen LogP) is 0.591. The molecule has 4 N–H and O–H groups in total. The second kappa shape index (κ2) is 7.97. The number of nitrogens with one attached hydrogen (secondary N) is 2. The molecule has 0 aromatic heterocycles. The van der Waals surface area contributed by atoms with Crippen LogP contribution in [0.15, 0.2) is 0 Å². The number of hydrogen-bond donors (Lipinski definition) is 4. The summed E-state index contributed by atoms with van der Waals surface area (Å²) < 4.78 is 0. The minimum Gasteiger partial charge on any atom is -0.481 e. The largest absolute Gasteiger partial charge is 0.481 e. The Balaban J connectivity index is 2.72. The lowest BCUT2D eigenvalue weighted by molar-refractivity contribution is -0.145. The molecule has 0 radical (unpaired) electrons. The van der Waals surface area contributed by atoms with Crippen LogP contribution in [0.5, 0.6) is 0 Å². The topological polar surface area (TPSA) is 116 Å². The third kappa shape index (κ3) is 5.00. The minimum absolute atomic E-state index is 0.100. The van der Waals surface area contributed by atoms with Crippen LogP contribution in [0, 0.1) is 5.41 Å². The maximum Gasteiger partial charge on any atom is 0.326 e. The van der Waals surface area contributed by atoms with Gasteiger partial charge in [0.25, 0.3) is 0 Å². The van der Waals surface area contributed by atoms with Crippen molar-refractivity contribution in [1.29, 1.82) is 0 Å². The van der Waals surface area contributed by atoms with E-state index >= 15 is 0 Å². The first-order valence-electron chi connectivity index (χ1n) is 7.37. The van der Waals surface area contributed by atoms with Crippen molar-refractivity contribution in [2.45, 2.75) is 51.5 Å². The van der Waals surface area contributed by atoms with E-state index in [1.807, 2.05) is 6.92 Å². The second-order valence-corrected chi connectivity index (χ2v) is 5.58. The van der Waals surface area contributed by atoms with Crippen LogP contribution in [0.4, 0.5) is 0 Å². The van der Waals surface area contributed by atoms with Crippen LogP contribution in [0.3, 0.4) is 0 Å². The van der Waals surface area contributed by atoms with Crippen molar-refractivity contribution in [3.05, 3.63) is 0 Å². The zero-order valence-corrected chi connectivity index (χ0v) is 12.4. The van der Waals surface area contributed by atoms with Crippen LogP contribution in [0.2, 0.25) is 0 Å². The third-order valence-electron chi connectivity index (χ3n) is 4.02. The van der Waals surface area contributed by atoms with Crippen LogP contribution in [0.1, 0.15) is 45.4 Å². The summed E-state index contributed by atoms with van der Waals surface area (Å²) in [5, 5.41) is 23.5. The highest BCUT2D eigenvalue weighted by atomic mass is 16.4. The van der Waals surface area contributed by atoms with Gasteiger partial charge >= 0.3 is 11.9 Å². The van der Waals surface area contributed by atoms with Crippen molar-refractivity contribution in [2.24, 2.45) is 5.41 Å². The van der Waals surface area contributed by atoms with Crippen molar-refractivity contribution in [3.63, 3.8) is 0 Å². The molecule has 1 rings (SSSR count). The lowest BCUT2D eigenvalue weighted by Gasteiger charge is -2.37. The van der Waals surface area contributed by atoms with Gasteiger partial charge in [0.2, 0.25) is 5.91 Å². The highest BCUT2D eigenvalue weighted by Gasteiger charge is 2.40. The molecule has 0 bridgehead atoms. The Morgan fingerprint density at radius 3 is 2.33 bits per heavy atom. The summed E-state index contributed by atoms with van der Waals surface area (Å²) in [6.45, 7) is 3.47. The molecule has 1 aliphatic heterocycles. The first-order valence-corrected chi connectivity index (χ1v) is 7.37. The average molecular weight is 300 g/mol. The monoisotopic (exact) mass is 300 g/mol. The van der Waals surface area contributed by atoms with Gasteiger partial charge < -0.3 is 20.8 Å². The summed E-state index contributed by atoms with van der Waals surface area (Å²) in [5.41, 5.74) is -0.531. The van der Waals surface area contributed by atoms with E-state index in [4.69, 9.17) is 10.2 Å². The maximum atomic E-state index is 12.5. The number of hydrogen-bond acceptors (Lipinski definition) is 4. The van der Waals surface area contributed by atoms with Gasteiger partial charge in [-0.25, -0.2) is 4.79 Å². The number of rotatable bonds is 8. The van der Waals surface area contributed by atoms with Gasteiger partial charge in [0.1, 0.15) is 6.04 Å². The van der Waals surface area contributed by atoms with Crippen LogP contribution in [0.25, 0.3) is 0 Å². The van der Waals surface area contributed by atoms with Gasteiger partial charge in [0.05, 0.1) is 5.41 Å². The summed E-state index contributed by atoms with van der Waals surface area (Å²) in [6.07, 6.45) is 2.54. The van der Waals surface area contributed by atoms with Crippen LogP contribution < -0.4 is 10.6 Å². The second-order valence-electron chi connectivity index (χ2n) is 5.58. The van der Waals surface area contributed by atoms with E-state index in [2.05, 4.69) is 10.6 Å². The molecule has 0 aliphatic carbocycles.